The van der Waals surface area contributed by atoms with Crippen molar-refractivity contribution in [2.45, 2.75) is 25.7 Å². The second-order valence-corrected chi connectivity index (χ2v) is 12.9. The standard InChI is InChI=1S/C22H46N4S4/c1-2-4-6-24-8-10-26-13-17-29-21-19-27-15-11-25(9-7-23-5-3-1)12-16-28-20-22-30-18-14-26/h23-24H,1-22H2. The minimum Gasteiger partial charge on any atom is -0.315 e. The van der Waals surface area contributed by atoms with Gasteiger partial charge in [0.05, 0.1) is 0 Å². The molecule has 0 aromatic carbocycles. The first kappa shape index (κ1) is 27.5. The first-order valence-corrected chi connectivity index (χ1v) is 16.7. The lowest BCUT2D eigenvalue weighted by Gasteiger charge is -2.23. The molecule has 0 aromatic heterocycles. The molecule has 0 aromatic rings. The Hall–Kier alpha value is 1.24. The van der Waals surface area contributed by atoms with Crippen LogP contribution in [0.1, 0.15) is 25.7 Å². The second kappa shape index (κ2) is 20.8. The van der Waals surface area contributed by atoms with Crippen LogP contribution in [-0.4, -0.2) is 121 Å². The van der Waals surface area contributed by atoms with Crippen molar-refractivity contribution < 1.29 is 0 Å². The van der Waals surface area contributed by atoms with Gasteiger partial charge < -0.3 is 20.4 Å². The molecule has 0 atom stereocenters. The molecule has 8 heteroatoms. The number of fused-ring (bicyclic) bond motifs is 25. The summed E-state index contributed by atoms with van der Waals surface area (Å²) in [5.41, 5.74) is 0. The smallest absolute Gasteiger partial charge is 0.0107 e. The summed E-state index contributed by atoms with van der Waals surface area (Å²) in [6.45, 7) is 12.1. The number of hydrogen-bond acceptors (Lipinski definition) is 8. The highest BCUT2D eigenvalue weighted by atomic mass is 32.2. The van der Waals surface area contributed by atoms with Crippen LogP contribution in [0.5, 0.6) is 0 Å². The van der Waals surface area contributed by atoms with Gasteiger partial charge in [-0.3, -0.25) is 0 Å². The molecule has 0 amide bonds. The lowest BCUT2D eigenvalue weighted by Crippen LogP contribution is -2.36. The molecule has 0 radical (unpaired) electrons. The average Bonchev–Trinajstić information content (AvgIpc) is 2.75. The molecule has 0 aliphatic carbocycles. The van der Waals surface area contributed by atoms with Crippen LogP contribution in [0.2, 0.25) is 0 Å². The predicted molar refractivity (Wildman–Crippen MR) is 146 cm³/mol. The van der Waals surface area contributed by atoms with Crippen molar-refractivity contribution in [1.29, 1.82) is 0 Å². The highest BCUT2D eigenvalue weighted by Gasteiger charge is 2.08. The maximum atomic E-state index is 3.69. The molecule has 30 heavy (non-hydrogen) atoms. The van der Waals surface area contributed by atoms with Crippen LogP contribution in [0.3, 0.4) is 0 Å². The van der Waals surface area contributed by atoms with Gasteiger partial charge in [-0.1, -0.05) is 12.8 Å². The highest BCUT2D eigenvalue weighted by Crippen LogP contribution is 2.12. The summed E-state index contributed by atoms with van der Waals surface area (Å²) in [5.74, 6) is 10.4. The lowest BCUT2D eigenvalue weighted by molar-refractivity contribution is 0.306. The maximum absolute atomic E-state index is 3.69. The van der Waals surface area contributed by atoms with E-state index in [0.29, 0.717) is 0 Å². The van der Waals surface area contributed by atoms with Crippen molar-refractivity contribution in [3.05, 3.63) is 0 Å². The van der Waals surface area contributed by atoms with Gasteiger partial charge in [-0.15, -0.1) is 0 Å². The van der Waals surface area contributed by atoms with E-state index < -0.39 is 0 Å². The molecule has 3 rings (SSSR count). The third kappa shape index (κ3) is 15.9. The van der Waals surface area contributed by atoms with E-state index in [4.69, 9.17) is 0 Å². The Kier molecular flexibility index (Phi) is 19.1. The minimum atomic E-state index is 1.15. The van der Waals surface area contributed by atoms with Crippen LogP contribution in [0, 0.1) is 0 Å². The molecule has 0 spiro atoms. The van der Waals surface area contributed by atoms with Crippen molar-refractivity contribution >= 4 is 47.0 Å². The number of thioether (sulfide) groups is 4. The van der Waals surface area contributed by atoms with E-state index in [1.807, 2.05) is 0 Å². The van der Waals surface area contributed by atoms with Gasteiger partial charge in [0.2, 0.25) is 0 Å². The lowest BCUT2D eigenvalue weighted by atomic mass is 10.2. The zero-order valence-electron chi connectivity index (χ0n) is 19.1. The Morgan fingerprint density at radius 1 is 0.367 bits per heavy atom. The van der Waals surface area contributed by atoms with E-state index in [0.717, 1.165) is 13.1 Å². The van der Waals surface area contributed by atoms with Crippen molar-refractivity contribution in [1.82, 2.24) is 20.4 Å². The second-order valence-electron chi connectivity index (χ2n) is 8.05. The van der Waals surface area contributed by atoms with Crippen LogP contribution in [-0.2, 0) is 0 Å². The third-order valence-corrected chi connectivity index (χ3v) is 9.99. The zero-order valence-corrected chi connectivity index (χ0v) is 22.3. The summed E-state index contributed by atoms with van der Waals surface area (Å²) in [4.78, 5) is 5.40. The van der Waals surface area contributed by atoms with Gasteiger partial charge in [0, 0.05) is 98.4 Å². The van der Waals surface area contributed by atoms with E-state index in [2.05, 4.69) is 67.5 Å². The average molecular weight is 495 g/mol. The molecule has 3 aliphatic rings. The fourth-order valence-electron chi connectivity index (χ4n) is 3.67. The van der Waals surface area contributed by atoms with Crippen molar-refractivity contribution in [3.8, 4) is 0 Å². The summed E-state index contributed by atoms with van der Waals surface area (Å²) < 4.78 is 0. The number of nitrogens with one attached hydrogen (secondary N) is 2. The number of rotatable bonds is 0. The summed E-state index contributed by atoms with van der Waals surface area (Å²) in [6.07, 6.45) is 5.39. The summed E-state index contributed by atoms with van der Waals surface area (Å²) in [7, 11) is 0. The summed E-state index contributed by atoms with van der Waals surface area (Å²) in [5, 5.41) is 7.39. The first-order chi connectivity index (χ1) is 14.9. The molecule has 3 saturated heterocycles. The first-order valence-electron chi connectivity index (χ1n) is 12.1. The van der Waals surface area contributed by atoms with Crippen LogP contribution >= 0.6 is 47.0 Å². The quantitative estimate of drug-likeness (QED) is 0.531. The van der Waals surface area contributed by atoms with Gasteiger partial charge in [0.15, 0.2) is 0 Å². The highest BCUT2D eigenvalue weighted by molar-refractivity contribution is 8.03. The Labute approximate surface area is 204 Å². The molecular formula is C22H46N4S4. The van der Waals surface area contributed by atoms with E-state index in [1.165, 1.54) is 124 Å². The fraction of sp³-hybridized carbons (Fsp3) is 1.00. The summed E-state index contributed by atoms with van der Waals surface area (Å²) >= 11 is 8.62. The molecule has 3 aliphatic heterocycles. The molecular weight excluding hydrogens is 449 g/mol. The summed E-state index contributed by atoms with van der Waals surface area (Å²) in [6, 6.07) is 0. The van der Waals surface area contributed by atoms with E-state index in [1.54, 1.807) is 0 Å². The monoisotopic (exact) mass is 494 g/mol. The number of hydrogen-bond donors (Lipinski definition) is 2. The van der Waals surface area contributed by atoms with E-state index in [9.17, 15) is 0 Å². The van der Waals surface area contributed by atoms with Crippen molar-refractivity contribution in [2.24, 2.45) is 0 Å². The Morgan fingerprint density at radius 2 is 0.733 bits per heavy atom. The van der Waals surface area contributed by atoms with Crippen molar-refractivity contribution in [2.75, 3.05) is 111 Å². The molecule has 4 nitrogen and oxygen atoms in total. The molecule has 0 unspecified atom stereocenters. The molecule has 3 heterocycles. The van der Waals surface area contributed by atoms with Crippen LogP contribution in [0.15, 0.2) is 0 Å². The van der Waals surface area contributed by atoms with Gasteiger partial charge in [0.1, 0.15) is 0 Å². The molecule has 0 saturated carbocycles. The SMILES string of the molecule is C1CCCNCCN2CCSCCSCCN(CCNCC1)CCSCCSCC2. The maximum Gasteiger partial charge on any atom is 0.0107 e. The Balaban J connectivity index is 1.84. The van der Waals surface area contributed by atoms with Gasteiger partial charge in [-0.25, -0.2) is 0 Å². The van der Waals surface area contributed by atoms with Crippen LogP contribution in [0.25, 0.3) is 0 Å². The van der Waals surface area contributed by atoms with Gasteiger partial charge in [0.25, 0.3) is 0 Å². The molecule has 3 fully saturated rings. The van der Waals surface area contributed by atoms with Gasteiger partial charge in [-0.2, -0.15) is 47.0 Å². The molecule has 2 bridgehead atoms. The predicted octanol–water partition coefficient (Wildman–Crippen LogP) is 3.29. The minimum absolute atomic E-state index is 1.15. The Bertz CT molecular complexity index is 320. The fourth-order valence-corrected chi connectivity index (χ4v) is 7.92. The normalized spacial score (nSPS) is 29.6. The van der Waals surface area contributed by atoms with E-state index in [-0.39, 0.29) is 0 Å². The number of nitrogens with zero attached hydrogens (tertiary/aromatic N) is 2. The largest absolute Gasteiger partial charge is 0.315 e. The molecule has 178 valence electrons. The van der Waals surface area contributed by atoms with Gasteiger partial charge >= 0.3 is 0 Å². The third-order valence-electron chi connectivity index (χ3n) is 5.62. The van der Waals surface area contributed by atoms with Crippen LogP contribution in [0.4, 0.5) is 0 Å². The van der Waals surface area contributed by atoms with Crippen LogP contribution < -0.4 is 10.6 Å². The van der Waals surface area contributed by atoms with Gasteiger partial charge in [-0.05, 0) is 25.9 Å². The topological polar surface area (TPSA) is 30.5 Å². The Morgan fingerprint density at radius 3 is 1.10 bits per heavy atom. The van der Waals surface area contributed by atoms with Crippen molar-refractivity contribution in [3.63, 3.8) is 0 Å². The molecule has 2 N–H and O–H groups in total. The van der Waals surface area contributed by atoms with E-state index >= 15 is 0 Å². The zero-order chi connectivity index (χ0) is 21.0.